The van der Waals surface area contributed by atoms with E-state index in [2.05, 4.69) is 9.88 Å². The maximum absolute atomic E-state index is 13.8. The highest BCUT2D eigenvalue weighted by atomic mass is 19.1. The number of likely N-dealkylation sites (tertiary alicyclic amines) is 1. The Balaban J connectivity index is 1.89. The third kappa shape index (κ3) is 4.74. The number of rotatable bonds is 8. The van der Waals surface area contributed by atoms with E-state index in [9.17, 15) is 9.50 Å². The van der Waals surface area contributed by atoms with Crippen molar-refractivity contribution in [1.29, 1.82) is 0 Å². The van der Waals surface area contributed by atoms with Gasteiger partial charge in [-0.1, -0.05) is 0 Å². The molecule has 1 fully saturated rings. The minimum absolute atomic E-state index is 0.145. The molecule has 126 valence electrons. The number of alkyl halides is 1. The number of halogens is 1. The van der Waals surface area contributed by atoms with E-state index in [1.165, 1.54) is 0 Å². The Morgan fingerprint density at radius 1 is 1.59 bits per heavy atom. The van der Waals surface area contributed by atoms with Gasteiger partial charge in [-0.3, -0.25) is 4.90 Å². The van der Waals surface area contributed by atoms with Gasteiger partial charge in [-0.2, -0.15) is 0 Å². The topological polar surface area (TPSA) is 53.8 Å². The summed E-state index contributed by atoms with van der Waals surface area (Å²) in [6.07, 6.45) is 2.90. The molecule has 0 bridgehead atoms. The van der Waals surface area contributed by atoms with Gasteiger partial charge in [-0.15, -0.1) is 0 Å². The summed E-state index contributed by atoms with van der Waals surface area (Å²) in [5, 5.41) is 9.79. The fourth-order valence-corrected chi connectivity index (χ4v) is 3.08. The average Bonchev–Trinajstić information content (AvgIpc) is 2.97. The minimum Gasteiger partial charge on any atom is -0.389 e. The fourth-order valence-electron chi connectivity index (χ4n) is 3.08. The van der Waals surface area contributed by atoms with Crippen molar-refractivity contribution in [3.05, 3.63) is 18.2 Å². The van der Waals surface area contributed by atoms with Gasteiger partial charge < -0.3 is 19.3 Å². The van der Waals surface area contributed by atoms with Crippen molar-refractivity contribution in [2.45, 2.75) is 31.3 Å². The number of ether oxygens (including phenoxy) is 1. The summed E-state index contributed by atoms with van der Waals surface area (Å²) >= 11 is 0. The van der Waals surface area contributed by atoms with Crippen molar-refractivity contribution in [3.8, 4) is 0 Å². The zero-order valence-corrected chi connectivity index (χ0v) is 13.7. The lowest BCUT2D eigenvalue weighted by Crippen LogP contribution is -2.42. The predicted octanol–water partition coefficient (Wildman–Crippen LogP) is 0.272. The second-order valence-corrected chi connectivity index (χ2v) is 6.20. The molecule has 1 saturated heterocycles. The number of aryl methyl sites for hydroxylation is 1. The molecular formula is C15H27FN4O2. The second kappa shape index (κ2) is 8.01. The van der Waals surface area contributed by atoms with Crippen LogP contribution in [0.4, 0.5) is 4.39 Å². The first-order chi connectivity index (χ1) is 10.5. The van der Waals surface area contributed by atoms with Crippen LogP contribution in [0.15, 0.2) is 12.4 Å². The number of imidazole rings is 1. The molecule has 0 aliphatic carbocycles. The molecule has 3 atom stereocenters. The summed E-state index contributed by atoms with van der Waals surface area (Å²) in [6.45, 7) is 2.68. The van der Waals surface area contributed by atoms with Crippen LogP contribution in [0, 0.1) is 0 Å². The molecule has 6 nitrogen and oxygen atoms in total. The number of methoxy groups -OCH3 is 1. The molecular weight excluding hydrogens is 287 g/mol. The standard InChI is InChI=1S/C15H27FN4O2/c1-18(9-14(21)11-22-3)8-13-6-12(16)7-20(13)10-15-17-4-5-19(15)2/h4-5,12-14,21H,6-11H2,1-3H3/t12-,13-,14+/m0/s1. The lowest BCUT2D eigenvalue weighted by molar-refractivity contribution is 0.0381. The van der Waals surface area contributed by atoms with E-state index in [0.29, 0.717) is 32.7 Å². The van der Waals surface area contributed by atoms with E-state index in [1.807, 2.05) is 29.8 Å². The summed E-state index contributed by atoms with van der Waals surface area (Å²) in [5.41, 5.74) is 0. The molecule has 1 aliphatic heterocycles. The van der Waals surface area contributed by atoms with Gasteiger partial charge in [-0.25, -0.2) is 9.37 Å². The molecule has 1 N–H and O–H groups in total. The normalized spacial score (nSPS) is 24.3. The summed E-state index contributed by atoms with van der Waals surface area (Å²) in [5.74, 6) is 0.946. The van der Waals surface area contributed by atoms with Gasteiger partial charge in [0, 0.05) is 52.2 Å². The number of aliphatic hydroxyl groups excluding tert-OH is 1. The van der Waals surface area contributed by atoms with Gasteiger partial charge in [0.1, 0.15) is 12.0 Å². The predicted molar refractivity (Wildman–Crippen MR) is 82.3 cm³/mol. The van der Waals surface area contributed by atoms with E-state index in [-0.39, 0.29) is 6.04 Å². The first-order valence-corrected chi connectivity index (χ1v) is 7.69. The number of likely N-dealkylation sites (N-methyl/N-ethyl adjacent to an activating group) is 1. The molecule has 1 aromatic rings. The van der Waals surface area contributed by atoms with Crippen molar-refractivity contribution in [3.63, 3.8) is 0 Å². The van der Waals surface area contributed by atoms with Crippen LogP contribution in [0.3, 0.4) is 0 Å². The van der Waals surface area contributed by atoms with Gasteiger partial charge in [0.2, 0.25) is 0 Å². The highest BCUT2D eigenvalue weighted by molar-refractivity contribution is 4.95. The van der Waals surface area contributed by atoms with Crippen molar-refractivity contribution < 1.29 is 14.2 Å². The largest absolute Gasteiger partial charge is 0.389 e. The summed E-state index contributed by atoms with van der Waals surface area (Å²) in [6, 6.07) is 0.145. The Bertz CT molecular complexity index is 457. The van der Waals surface area contributed by atoms with Crippen molar-refractivity contribution in [1.82, 2.24) is 19.4 Å². The molecule has 0 spiro atoms. The average molecular weight is 314 g/mol. The van der Waals surface area contributed by atoms with Gasteiger partial charge in [-0.05, 0) is 13.5 Å². The molecule has 22 heavy (non-hydrogen) atoms. The summed E-state index contributed by atoms with van der Waals surface area (Å²) in [4.78, 5) is 8.50. The molecule has 2 rings (SSSR count). The molecule has 0 amide bonds. The van der Waals surface area contributed by atoms with Crippen molar-refractivity contribution in [2.75, 3.05) is 40.4 Å². The number of hydrogen-bond acceptors (Lipinski definition) is 5. The van der Waals surface area contributed by atoms with Crippen LogP contribution in [0.2, 0.25) is 0 Å². The van der Waals surface area contributed by atoms with Gasteiger partial charge in [0.25, 0.3) is 0 Å². The van der Waals surface area contributed by atoms with E-state index >= 15 is 0 Å². The van der Waals surface area contributed by atoms with Gasteiger partial charge >= 0.3 is 0 Å². The summed E-state index contributed by atoms with van der Waals surface area (Å²) in [7, 11) is 5.47. The SMILES string of the molecule is COC[C@H](O)CN(C)C[C@@H]1C[C@H](F)CN1Cc1nccn1C. The maximum atomic E-state index is 13.8. The minimum atomic E-state index is -0.789. The van der Waals surface area contributed by atoms with Crippen LogP contribution in [0.1, 0.15) is 12.2 Å². The molecule has 1 aliphatic rings. The molecule has 1 aromatic heterocycles. The van der Waals surface area contributed by atoms with Gasteiger partial charge in [0.05, 0.1) is 19.3 Å². The lowest BCUT2D eigenvalue weighted by Gasteiger charge is -2.29. The monoisotopic (exact) mass is 314 g/mol. The second-order valence-electron chi connectivity index (χ2n) is 6.20. The molecule has 7 heteroatoms. The lowest BCUT2D eigenvalue weighted by atomic mass is 10.2. The van der Waals surface area contributed by atoms with Crippen molar-refractivity contribution in [2.24, 2.45) is 7.05 Å². The zero-order chi connectivity index (χ0) is 16.1. The Labute approximate surface area is 131 Å². The van der Waals surface area contributed by atoms with Crippen LogP contribution in [0.5, 0.6) is 0 Å². The molecule has 0 aromatic carbocycles. The Kier molecular flexibility index (Phi) is 6.31. The summed E-state index contributed by atoms with van der Waals surface area (Å²) < 4.78 is 20.7. The number of aromatic nitrogens is 2. The highest BCUT2D eigenvalue weighted by Crippen LogP contribution is 2.23. The molecule has 2 heterocycles. The highest BCUT2D eigenvalue weighted by Gasteiger charge is 2.33. The Morgan fingerprint density at radius 2 is 2.36 bits per heavy atom. The van der Waals surface area contributed by atoms with Crippen LogP contribution < -0.4 is 0 Å². The smallest absolute Gasteiger partial charge is 0.122 e. The quantitative estimate of drug-likeness (QED) is 0.746. The third-order valence-corrected chi connectivity index (χ3v) is 4.15. The third-order valence-electron chi connectivity index (χ3n) is 4.15. The Morgan fingerprint density at radius 3 is 3.00 bits per heavy atom. The number of hydrogen-bond donors (Lipinski definition) is 1. The Hall–Kier alpha value is -1.02. The molecule has 0 unspecified atom stereocenters. The molecule has 0 saturated carbocycles. The van der Waals surface area contributed by atoms with Crippen LogP contribution in [-0.2, 0) is 18.3 Å². The van der Waals surface area contributed by atoms with E-state index in [4.69, 9.17) is 4.74 Å². The first-order valence-electron chi connectivity index (χ1n) is 7.69. The molecule has 0 radical (unpaired) electrons. The van der Waals surface area contributed by atoms with Crippen LogP contribution in [0.25, 0.3) is 0 Å². The number of aliphatic hydroxyl groups is 1. The number of nitrogens with zero attached hydrogens (tertiary/aromatic N) is 4. The van der Waals surface area contributed by atoms with Crippen LogP contribution in [-0.4, -0.2) is 83.2 Å². The van der Waals surface area contributed by atoms with E-state index in [1.54, 1.807) is 13.3 Å². The van der Waals surface area contributed by atoms with Gasteiger partial charge in [0.15, 0.2) is 0 Å². The zero-order valence-electron chi connectivity index (χ0n) is 13.7. The first kappa shape index (κ1) is 17.3. The van der Waals surface area contributed by atoms with E-state index < -0.39 is 12.3 Å². The van der Waals surface area contributed by atoms with E-state index in [0.717, 1.165) is 12.4 Å². The maximum Gasteiger partial charge on any atom is 0.122 e. The van der Waals surface area contributed by atoms with Crippen molar-refractivity contribution >= 4 is 0 Å². The van der Waals surface area contributed by atoms with Crippen LogP contribution >= 0.6 is 0 Å². The fraction of sp³-hybridized carbons (Fsp3) is 0.800.